The van der Waals surface area contributed by atoms with E-state index in [-0.39, 0.29) is 16.2 Å². The molecule has 2 aliphatic rings. The van der Waals surface area contributed by atoms with E-state index in [1.165, 1.54) is 10.1 Å². The summed E-state index contributed by atoms with van der Waals surface area (Å²) in [4.78, 5) is 10.1. The number of rotatable bonds is 2. The minimum atomic E-state index is -0.0185. The van der Waals surface area contributed by atoms with Crippen LogP contribution in [0, 0.1) is 16.2 Å². The molecule has 4 heteroatoms. The van der Waals surface area contributed by atoms with Crippen LogP contribution in [0.25, 0.3) is 0 Å². The Balaban J connectivity index is 2.20. The van der Waals surface area contributed by atoms with Crippen LogP contribution in [0.15, 0.2) is 9.98 Å². The molecule has 0 aromatic rings. The first kappa shape index (κ1) is 17.4. The number of thioether (sulfide) groups is 2. The Morgan fingerprint density at radius 1 is 0.714 bits per heavy atom. The zero-order chi connectivity index (χ0) is 16.1. The van der Waals surface area contributed by atoms with E-state index in [1.54, 1.807) is 0 Å². The van der Waals surface area contributed by atoms with Crippen molar-refractivity contribution in [1.29, 1.82) is 0 Å². The number of nitrogens with zero attached hydrogens (tertiary/aromatic N) is 2. The molecule has 0 amide bonds. The molecular formula is C17H30N2S2. The molecule has 0 radical (unpaired) electrons. The predicted molar refractivity (Wildman–Crippen MR) is 100 cm³/mol. The summed E-state index contributed by atoms with van der Waals surface area (Å²) in [5, 5.41) is 2.56. The van der Waals surface area contributed by atoms with E-state index in [1.807, 2.05) is 23.5 Å². The first-order valence-electron chi connectivity index (χ1n) is 7.84. The van der Waals surface area contributed by atoms with E-state index in [2.05, 4.69) is 55.4 Å². The Morgan fingerprint density at radius 3 is 1.29 bits per heavy atom. The largest absolute Gasteiger partial charge is 0.277 e. The zero-order valence-electron chi connectivity index (χ0n) is 14.8. The lowest BCUT2D eigenvalue weighted by Gasteiger charge is -2.25. The maximum absolute atomic E-state index is 5.05. The summed E-state index contributed by atoms with van der Waals surface area (Å²) in [6.45, 7) is 18.3. The predicted octanol–water partition coefficient (Wildman–Crippen LogP) is 5.13. The second kappa shape index (κ2) is 5.59. The number of aliphatic imine (C=N–C) groups is 2. The fraction of sp³-hybridized carbons (Fsp3) is 0.882. The van der Waals surface area contributed by atoms with E-state index >= 15 is 0 Å². The molecule has 0 spiro atoms. The molecule has 0 unspecified atom stereocenters. The molecule has 2 aliphatic heterocycles. The molecule has 120 valence electrons. The maximum atomic E-state index is 5.05. The van der Waals surface area contributed by atoms with Crippen molar-refractivity contribution in [1.82, 2.24) is 0 Å². The summed E-state index contributed by atoms with van der Waals surface area (Å²) in [6, 6.07) is 0.865. The van der Waals surface area contributed by atoms with Crippen LogP contribution in [0.1, 0.15) is 55.4 Å². The summed E-state index contributed by atoms with van der Waals surface area (Å²) in [7, 11) is 0. The molecule has 0 aliphatic carbocycles. The third-order valence-corrected chi connectivity index (χ3v) is 7.11. The van der Waals surface area contributed by atoms with Gasteiger partial charge in [0.1, 0.15) is 0 Å². The quantitative estimate of drug-likeness (QED) is 0.702. The summed E-state index contributed by atoms with van der Waals surface area (Å²) in [6.07, 6.45) is 0. The van der Waals surface area contributed by atoms with E-state index in [9.17, 15) is 0 Å². The lowest BCUT2D eigenvalue weighted by atomic mass is 9.87. The lowest BCUT2D eigenvalue weighted by molar-refractivity contribution is 0.347. The first-order chi connectivity index (χ1) is 9.42. The third kappa shape index (κ3) is 3.69. The molecule has 0 fully saturated rings. The second-order valence-corrected chi connectivity index (χ2v) is 10.9. The van der Waals surface area contributed by atoms with Crippen molar-refractivity contribution in [3.05, 3.63) is 0 Å². The molecule has 0 bridgehead atoms. The van der Waals surface area contributed by atoms with Gasteiger partial charge in [-0.3, -0.25) is 9.98 Å². The topological polar surface area (TPSA) is 24.7 Å². The highest BCUT2D eigenvalue weighted by Crippen LogP contribution is 2.43. The molecule has 0 aromatic carbocycles. The van der Waals surface area contributed by atoms with Crippen molar-refractivity contribution in [2.45, 2.75) is 67.5 Å². The maximum Gasteiger partial charge on any atom is 0.0802 e. The monoisotopic (exact) mass is 326 g/mol. The van der Waals surface area contributed by atoms with Crippen LogP contribution in [-0.2, 0) is 0 Å². The van der Waals surface area contributed by atoms with Crippen LogP contribution in [0.4, 0.5) is 0 Å². The van der Waals surface area contributed by atoms with Crippen molar-refractivity contribution in [3.63, 3.8) is 0 Å². The SMILES string of the molecule is CC(C)(C1=N[C@H](C(C)(C)C)CS1)C1=N[C@H](C(C)(C)C)CS1. The van der Waals surface area contributed by atoms with Gasteiger partial charge in [0.15, 0.2) is 0 Å². The van der Waals surface area contributed by atoms with Gasteiger partial charge in [-0.05, 0) is 24.7 Å². The Bertz CT molecular complexity index is 422. The average molecular weight is 327 g/mol. The van der Waals surface area contributed by atoms with Gasteiger partial charge in [-0.1, -0.05) is 41.5 Å². The van der Waals surface area contributed by atoms with Crippen LogP contribution in [0.5, 0.6) is 0 Å². The van der Waals surface area contributed by atoms with E-state index in [4.69, 9.17) is 9.98 Å². The molecular weight excluding hydrogens is 296 g/mol. The van der Waals surface area contributed by atoms with Gasteiger partial charge in [-0.2, -0.15) is 0 Å². The Labute approximate surface area is 139 Å². The molecule has 2 nitrogen and oxygen atoms in total. The van der Waals surface area contributed by atoms with Crippen LogP contribution in [-0.4, -0.2) is 33.7 Å². The summed E-state index contributed by atoms with van der Waals surface area (Å²) in [5.41, 5.74) is 0.488. The molecule has 0 saturated heterocycles. The molecule has 0 aromatic heterocycles. The molecule has 2 atom stereocenters. The van der Waals surface area contributed by atoms with Gasteiger partial charge in [-0.15, -0.1) is 23.5 Å². The zero-order valence-corrected chi connectivity index (χ0v) is 16.4. The van der Waals surface area contributed by atoms with Gasteiger partial charge in [0, 0.05) is 11.5 Å². The molecule has 21 heavy (non-hydrogen) atoms. The minimum Gasteiger partial charge on any atom is -0.277 e. The molecule has 2 rings (SSSR count). The smallest absolute Gasteiger partial charge is 0.0802 e. The van der Waals surface area contributed by atoms with Crippen molar-refractivity contribution in [2.24, 2.45) is 26.2 Å². The summed E-state index contributed by atoms with van der Waals surface area (Å²) < 4.78 is 0. The lowest BCUT2D eigenvalue weighted by Crippen LogP contribution is -2.29. The fourth-order valence-corrected chi connectivity index (χ4v) is 5.57. The molecule has 0 N–H and O–H groups in total. The van der Waals surface area contributed by atoms with Gasteiger partial charge in [0.05, 0.1) is 27.6 Å². The normalized spacial score (nSPS) is 27.8. The van der Waals surface area contributed by atoms with Gasteiger partial charge in [0.25, 0.3) is 0 Å². The Kier molecular flexibility index (Phi) is 4.63. The van der Waals surface area contributed by atoms with Crippen LogP contribution in [0.2, 0.25) is 0 Å². The highest BCUT2D eigenvalue weighted by Gasteiger charge is 2.42. The highest BCUT2D eigenvalue weighted by atomic mass is 32.2. The van der Waals surface area contributed by atoms with Crippen molar-refractivity contribution in [3.8, 4) is 0 Å². The van der Waals surface area contributed by atoms with Crippen molar-refractivity contribution >= 4 is 33.6 Å². The van der Waals surface area contributed by atoms with Crippen LogP contribution in [0.3, 0.4) is 0 Å². The highest BCUT2D eigenvalue weighted by molar-refractivity contribution is 8.16. The van der Waals surface area contributed by atoms with Crippen molar-refractivity contribution < 1.29 is 0 Å². The Hall–Kier alpha value is 0.0400. The molecule has 2 heterocycles. The van der Waals surface area contributed by atoms with Gasteiger partial charge in [-0.25, -0.2) is 0 Å². The van der Waals surface area contributed by atoms with E-state index < -0.39 is 0 Å². The van der Waals surface area contributed by atoms with Gasteiger partial charge < -0.3 is 0 Å². The third-order valence-electron chi connectivity index (χ3n) is 4.37. The fourth-order valence-electron chi connectivity index (χ4n) is 2.41. The van der Waals surface area contributed by atoms with Gasteiger partial charge in [0.2, 0.25) is 0 Å². The van der Waals surface area contributed by atoms with Crippen LogP contribution < -0.4 is 0 Å². The van der Waals surface area contributed by atoms with Crippen molar-refractivity contribution in [2.75, 3.05) is 11.5 Å². The standard InChI is InChI=1S/C17H30N2S2/c1-15(2,3)11-9-20-13(18-11)17(7,8)14-19-12(10-21-14)16(4,5)6/h11-12H,9-10H2,1-8H3/t11-,12-/m0/s1. The minimum absolute atomic E-state index is 0.0185. The second-order valence-electron chi connectivity index (χ2n) is 8.88. The number of hydrogen-bond donors (Lipinski definition) is 0. The van der Waals surface area contributed by atoms with Crippen LogP contribution >= 0.6 is 23.5 Å². The molecule has 0 saturated carbocycles. The van der Waals surface area contributed by atoms with E-state index in [0.29, 0.717) is 12.1 Å². The van der Waals surface area contributed by atoms with E-state index in [0.717, 1.165) is 11.5 Å². The van der Waals surface area contributed by atoms with Gasteiger partial charge >= 0.3 is 0 Å². The summed E-state index contributed by atoms with van der Waals surface area (Å²) >= 11 is 3.87. The Morgan fingerprint density at radius 2 is 1.05 bits per heavy atom. The average Bonchev–Trinajstić information content (AvgIpc) is 2.97. The summed E-state index contributed by atoms with van der Waals surface area (Å²) in [5.74, 6) is 2.23. The number of hydrogen-bond acceptors (Lipinski definition) is 4. The first-order valence-corrected chi connectivity index (χ1v) is 9.81.